The monoisotopic (exact) mass is 389 g/mol. The van der Waals surface area contributed by atoms with Crippen molar-refractivity contribution in [2.75, 3.05) is 25.7 Å². The van der Waals surface area contributed by atoms with Gasteiger partial charge in [-0.3, -0.25) is 4.79 Å². The number of carbonyl (C=O) groups is 1. The Morgan fingerprint density at radius 2 is 1.38 bits per heavy atom. The molecule has 1 amide bonds. The number of hydrogen-bond donors (Lipinski definition) is 1. The minimum atomic E-state index is -1.84. The lowest BCUT2D eigenvalue weighted by Crippen LogP contribution is -2.47. The first-order chi connectivity index (χ1) is 14.1. The molecule has 0 atom stereocenters. The third-order valence-corrected chi connectivity index (χ3v) is 5.46. The maximum absolute atomic E-state index is 13.8. The van der Waals surface area contributed by atoms with Gasteiger partial charge >= 0.3 is 0 Å². The van der Waals surface area contributed by atoms with Gasteiger partial charge in [0.1, 0.15) is 11.5 Å². The second-order valence-corrected chi connectivity index (χ2v) is 7.00. The molecule has 1 heterocycles. The van der Waals surface area contributed by atoms with E-state index < -0.39 is 5.60 Å². The van der Waals surface area contributed by atoms with Crippen LogP contribution in [-0.2, 0) is 16.8 Å². The highest BCUT2D eigenvalue weighted by atomic mass is 16.5. The van der Waals surface area contributed by atoms with Crippen molar-refractivity contribution < 1.29 is 19.4 Å². The molecule has 148 valence electrons. The number of carbonyl (C=O) groups excluding carboxylic acids is 1. The number of benzene rings is 3. The van der Waals surface area contributed by atoms with Gasteiger partial charge in [-0.1, -0.05) is 42.5 Å². The lowest BCUT2D eigenvalue weighted by Gasteiger charge is -2.32. The van der Waals surface area contributed by atoms with Gasteiger partial charge in [-0.15, -0.1) is 0 Å². The number of rotatable bonds is 5. The fourth-order valence-electron chi connectivity index (χ4n) is 3.82. The molecular formula is C24H23NO4. The number of fused-ring (bicyclic) bond motifs is 1. The summed E-state index contributed by atoms with van der Waals surface area (Å²) in [5, 5.41) is 11.9. The minimum absolute atomic E-state index is 0.377. The summed E-state index contributed by atoms with van der Waals surface area (Å²) in [5.41, 5.74) is 1.08. The van der Waals surface area contributed by atoms with Crippen LogP contribution in [0.15, 0.2) is 72.8 Å². The van der Waals surface area contributed by atoms with E-state index in [1.807, 2.05) is 24.3 Å². The SMILES string of the molecule is COc1ccc(C(O)(C(=O)N2CCc3ccccc32)c2ccc(OC)cc2)cc1. The van der Waals surface area contributed by atoms with Crippen molar-refractivity contribution in [2.45, 2.75) is 12.0 Å². The van der Waals surface area contributed by atoms with Crippen molar-refractivity contribution in [2.24, 2.45) is 0 Å². The van der Waals surface area contributed by atoms with Crippen molar-refractivity contribution in [1.82, 2.24) is 0 Å². The fourth-order valence-corrected chi connectivity index (χ4v) is 3.82. The Morgan fingerprint density at radius 3 is 1.90 bits per heavy atom. The summed E-state index contributed by atoms with van der Waals surface area (Å²) >= 11 is 0. The molecule has 5 heteroatoms. The molecule has 3 aromatic rings. The van der Waals surface area contributed by atoms with E-state index in [1.165, 1.54) is 0 Å². The van der Waals surface area contributed by atoms with E-state index in [-0.39, 0.29) is 5.91 Å². The number of nitrogens with zero attached hydrogens (tertiary/aromatic N) is 1. The molecule has 0 aromatic heterocycles. The number of hydrogen-bond acceptors (Lipinski definition) is 4. The Labute approximate surface area is 170 Å². The first kappa shape index (κ1) is 19.0. The second-order valence-electron chi connectivity index (χ2n) is 7.00. The maximum atomic E-state index is 13.8. The number of methoxy groups -OCH3 is 2. The van der Waals surface area contributed by atoms with E-state index in [2.05, 4.69) is 0 Å². The average Bonchev–Trinajstić information content (AvgIpc) is 3.22. The molecule has 0 spiro atoms. The molecule has 3 aromatic carbocycles. The molecule has 0 saturated heterocycles. The molecular weight excluding hydrogens is 366 g/mol. The average molecular weight is 389 g/mol. The predicted molar refractivity (Wildman–Crippen MR) is 111 cm³/mol. The molecule has 0 saturated carbocycles. The van der Waals surface area contributed by atoms with Crippen LogP contribution in [0.5, 0.6) is 11.5 Å². The molecule has 1 aliphatic heterocycles. The second kappa shape index (κ2) is 7.60. The summed E-state index contributed by atoms with van der Waals surface area (Å²) in [7, 11) is 3.16. The summed E-state index contributed by atoms with van der Waals surface area (Å²) in [5.74, 6) is 0.937. The summed E-state index contributed by atoms with van der Waals surface area (Å²) in [6.07, 6.45) is 0.767. The molecule has 1 aliphatic rings. The standard InChI is InChI=1S/C24H23NO4/c1-28-20-11-7-18(8-12-20)24(27,19-9-13-21(29-2)14-10-19)23(26)25-16-15-17-5-3-4-6-22(17)25/h3-14,27H,15-16H2,1-2H3. The van der Waals surface area contributed by atoms with Crippen LogP contribution in [-0.4, -0.2) is 31.8 Å². The van der Waals surface area contributed by atoms with E-state index in [9.17, 15) is 9.90 Å². The van der Waals surface area contributed by atoms with E-state index >= 15 is 0 Å². The quantitative estimate of drug-likeness (QED) is 0.725. The van der Waals surface area contributed by atoms with E-state index in [1.54, 1.807) is 67.7 Å². The third-order valence-electron chi connectivity index (χ3n) is 5.46. The molecule has 0 bridgehead atoms. The first-order valence-electron chi connectivity index (χ1n) is 9.49. The Morgan fingerprint density at radius 1 is 0.862 bits per heavy atom. The summed E-state index contributed by atoms with van der Waals surface area (Å²) in [6.45, 7) is 0.535. The van der Waals surface area contributed by atoms with Gasteiger partial charge in [-0.05, 0) is 53.4 Å². The fraction of sp³-hybridized carbons (Fsp3) is 0.208. The number of amides is 1. The van der Waals surface area contributed by atoms with Gasteiger partial charge in [-0.25, -0.2) is 0 Å². The molecule has 1 N–H and O–H groups in total. The Balaban J connectivity index is 1.82. The molecule has 0 aliphatic carbocycles. The molecule has 0 radical (unpaired) electrons. The van der Waals surface area contributed by atoms with Crippen molar-refractivity contribution >= 4 is 11.6 Å². The maximum Gasteiger partial charge on any atom is 0.268 e. The zero-order chi connectivity index (χ0) is 20.4. The minimum Gasteiger partial charge on any atom is -0.497 e. The zero-order valence-corrected chi connectivity index (χ0v) is 16.5. The third kappa shape index (κ3) is 3.23. The topological polar surface area (TPSA) is 59.0 Å². The summed E-state index contributed by atoms with van der Waals surface area (Å²) in [6, 6.07) is 21.7. The van der Waals surface area contributed by atoms with Gasteiger partial charge in [0, 0.05) is 12.2 Å². The number of anilines is 1. The summed E-state index contributed by atoms with van der Waals surface area (Å²) < 4.78 is 10.5. The highest BCUT2D eigenvalue weighted by Gasteiger charge is 2.44. The molecule has 29 heavy (non-hydrogen) atoms. The molecule has 0 unspecified atom stereocenters. The van der Waals surface area contributed by atoms with Gasteiger partial charge in [0.25, 0.3) is 5.91 Å². The van der Waals surface area contributed by atoms with Crippen molar-refractivity contribution in [3.8, 4) is 11.5 Å². The zero-order valence-electron chi connectivity index (χ0n) is 16.5. The van der Waals surface area contributed by atoms with Crippen LogP contribution in [0.25, 0.3) is 0 Å². The van der Waals surface area contributed by atoms with Crippen LogP contribution in [0, 0.1) is 0 Å². The van der Waals surface area contributed by atoms with E-state index in [0.717, 1.165) is 17.7 Å². The van der Waals surface area contributed by atoms with Crippen LogP contribution >= 0.6 is 0 Å². The highest BCUT2D eigenvalue weighted by molar-refractivity contribution is 6.03. The first-order valence-corrected chi connectivity index (χ1v) is 9.49. The lowest BCUT2D eigenvalue weighted by atomic mass is 9.84. The van der Waals surface area contributed by atoms with Crippen LogP contribution in [0.2, 0.25) is 0 Å². The Bertz CT molecular complexity index is 964. The Hall–Kier alpha value is -3.31. The van der Waals surface area contributed by atoms with Crippen LogP contribution < -0.4 is 14.4 Å². The Kier molecular flexibility index (Phi) is 4.99. The number of para-hydroxylation sites is 1. The lowest BCUT2D eigenvalue weighted by molar-refractivity contribution is -0.133. The predicted octanol–water partition coefficient (Wildman–Crippen LogP) is 3.53. The van der Waals surface area contributed by atoms with Crippen molar-refractivity contribution in [3.63, 3.8) is 0 Å². The summed E-state index contributed by atoms with van der Waals surface area (Å²) in [4.78, 5) is 15.4. The van der Waals surface area contributed by atoms with Crippen LogP contribution in [0.4, 0.5) is 5.69 Å². The van der Waals surface area contributed by atoms with Gasteiger partial charge in [0.05, 0.1) is 14.2 Å². The van der Waals surface area contributed by atoms with Crippen molar-refractivity contribution in [1.29, 1.82) is 0 Å². The van der Waals surface area contributed by atoms with Gasteiger partial charge in [-0.2, -0.15) is 0 Å². The van der Waals surface area contributed by atoms with Gasteiger partial charge in [0.2, 0.25) is 0 Å². The van der Waals surface area contributed by atoms with Gasteiger partial charge < -0.3 is 19.5 Å². The number of ether oxygens (including phenoxy) is 2. The highest BCUT2D eigenvalue weighted by Crippen LogP contribution is 2.37. The van der Waals surface area contributed by atoms with Crippen LogP contribution in [0.3, 0.4) is 0 Å². The smallest absolute Gasteiger partial charge is 0.268 e. The molecule has 0 fully saturated rings. The molecule has 4 rings (SSSR count). The largest absolute Gasteiger partial charge is 0.497 e. The van der Waals surface area contributed by atoms with Crippen molar-refractivity contribution in [3.05, 3.63) is 89.5 Å². The van der Waals surface area contributed by atoms with Crippen LogP contribution in [0.1, 0.15) is 16.7 Å². The normalized spacial score (nSPS) is 13.1. The van der Waals surface area contributed by atoms with E-state index in [4.69, 9.17) is 9.47 Å². The van der Waals surface area contributed by atoms with Gasteiger partial charge in [0.15, 0.2) is 5.60 Å². The number of aliphatic hydroxyl groups is 1. The molecule has 5 nitrogen and oxygen atoms in total. The van der Waals surface area contributed by atoms with E-state index in [0.29, 0.717) is 29.2 Å².